The van der Waals surface area contributed by atoms with Crippen molar-refractivity contribution in [3.05, 3.63) is 23.7 Å². The fourth-order valence-electron chi connectivity index (χ4n) is 0.764. The molecule has 0 aromatic carbocycles. The average Bonchev–Trinajstić information content (AvgIpc) is 2.52. The normalized spacial score (nSPS) is 13.3. The van der Waals surface area contributed by atoms with Gasteiger partial charge in [0.25, 0.3) is 0 Å². The monoisotopic (exact) mass is 213 g/mol. The number of rotatable bonds is 4. The van der Waals surface area contributed by atoms with Crippen molar-refractivity contribution >= 4 is 17.5 Å². The van der Waals surface area contributed by atoms with Gasteiger partial charge in [0.2, 0.25) is 0 Å². The zero-order valence-corrected chi connectivity index (χ0v) is 11.2. The van der Waals surface area contributed by atoms with Crippen LogP contribution in [0.1, 0.15) is 27.7 Å². The Morgan fingerprint density at radius 3 is 2.62 bits per heavy atom. The summed E-state index contributed by atoms with van der Waals surface area (Å²) in [6.45, 7) is 9.17. The summed E-state index contributed by atoms with van der Waals surface area (Å²) in [4.78, 5) is 0. The highest BCUT2D eigenvalue weighted by Gasteiger charge is 2.23. The molecule has 0 aliphatic heterocycles. The van der Waals surface area contributed by atoms with E-state index in [1.165, 1.54) is 0 Å². The molecule has 0 spiro atoms. The van der Waals surface area contributed by atoms with Crippen molar-refractivity contribution < 1.29 is 4.21 Å². The second kappa shape index (κ2) is 4.45. The topological polar surface area (TPSA) is 9.23 Å². The van der Waals surface area contributed by atoms with Crippen LogP contribution >= 0.6 is 7.76 Å². The molecule has 0 aliphatic rings. The van der Waals surface area contributed by atoms with Crippen LogP contribution in [0.5, 0.6) is 0 Å². The summed E-state index contributed by atoms with van der Waals surface area (Å²) >= 11 is 0. The first-order valence-corrected chi connectivity index (χ1v) is 7.38. The maximum Gasteiger partial charge on any atom is 0.180 e. The molecule has 1 heterocycles. The van der Waals surface area contributed by atoms with E-state index in [1.54, 1.807) is 0 Å². The Morgan fingerprint density at radius 1 is 1.46 bits per heavy atom. The molecule has 0 fully saturated rings. The maximum absolute atomic E-state index is 5.93. The van der Waals surface area contributed by atoms with E-state index in [0.29, 0.717) is 11.0 Å². The fourth-order valence-corrected chi connectivity index (χ4v) is 4.22. The molecule has 0 saturated carbocycles. The van der Waals surface area contributed by atoms with Crippen LogP contribution < -0.4 is 4.21 Å². The van der Waals surface area contributed by atoms with Gasteiger partial charge in [-0.3, -0.25) is 0 Å². The van der Waals surface area contributed by atoms with Crippen molar-refractivity contribution in [2.45, 2.75) is 32.7 Å². The standard InChI is InChI=1S/C10H18OPSi/c1-9(2)10(3,4)13-11-12-7-5-6-8-12/h5,7-9H,13H2,1-4H3. The third kappa shape index (κ3) is 3.30. The fraction of sp³-hybridized carbons (Fsp3) is 0.600. The lowest BCUT2D eigenvalue weighted by Crippen LogP contribution is -2.23. The lowest BCUT2D eigenvalue weighted by Gasteiger charge is -2.27. The zero-order valence-electron chi connectivity index (χ0n) is 8.87. The van der Waals surface area contributed by atoms with Gasteiger partial charge in [-0.25, -0.2) is 0 Å². The summed E-state index contributed by atoms with van der Waals surface area (Å²) < 4.78 is 5.93. The summed E-state index contributed by atoms with van der Waals surface area (Å²) in [7, 11) is -0.821. The van der Waals surface area contributed by atoms with Gasteiger partial charge in [0.05, 0.1) is 0 Å². The quantitative estimate of drug-likeness (QED) is 0.699. The molecule has 1 aromatic rings. The van der Waals surface area contributed by atoms with Gasteiger partial charge in [-0.2, -0.15) is 0 Å². The van der Waals surface area contributed by atoms with Crippen LogP contribution in [0.3, 0.4) is 0 Å². The molecule has 0 aliphatic carbocycles. The van der Waals surface area contributed by atoms with Gasteiger partial charge in [0.15, 0.2) is 9.76 Å². The highest BCUT2D eigenvalue weighted by molar-refractivity contribution is 7.44. The van der Waals surface area contributed by atoms with Gasteiger partial charge in [-0.1, -0.05) is 27.7 Å². The first-order valence-electron chi connectivity index (χ1n) is 4.70. The van der Waals surface area contributed by atoms with Crippen LogP contribution in [0.25, 0.3) is 0 Å². The van der Waals surface area contributed by atoms with E-state index in [4.69, 9.17) is 4.21 Å². The van der Waals surface area contributed by atoms with Crippen molar-refractivity contribution in [2.24, 2.45) is 5.92 Å². The molecule has 1 rings (SSSR count). The number of hydrogen-bond acceptors (Lipinski definition) is 1. The molecule has 3 heteroatoms. The minimum Gasteiger partial charge on any atom is -0.379 e. The Bertz CT molecular complexity index is 241. The predicted molar refractivity (Wildman–Crippen MR) is 62.0 cm³/mol. The average molecular weight is 213 g/mol. The summed E-state index contributed by atoms with van der Waals surface area (Å²) in [5.41, 5.74) is 0. The minimum absolute atomic E-state index is 0.389. The van der Waals surface area contributed by atoms with Gasteiger partial charge >= 0.3 is 0 Å². The van der Waals surface area contributed by atoms with Crippen molar-refractivity contribution in [3.63, 3.8) is 0 Å². The molecule has 13 heavy (non-hydrogen) atoms. The molecule has 1 aromatic heterocycles. The molecule has 1 unspecified atom stereocenters. The van der Waals surface area contributed by atoms with E-state index in [2.05, 4.69) is 45.4 Å². The molecular weight excluding hydrogens is 195 g/mol. The Morgan fingerprint density at radius 2 is 2.15 bits per heavy atom. The molecule has 0 N–H and O–H groups in total. The second-order valence-electron chi connectivity index (χ2n) is 4.39. The summed E-state index contributed by atoms with van der Waals surface area (Å²) in [6.07, 6.45) is 0. The van der Waals surface area contributed by atoms with Gasteiger partial charge < -0.3 is 4.21 Å². The van der Waals surface area contributed by atoms with Crippen LogP contribution in [-0.2, 0) is 0 Å². The van der Waals surface area contributed by atoms with E-state index < -0.39 is 9.76 Å². The molecule has 0 amide bonds. The molecule has 1 nitrogen and oxygen atoms in total. The summed E-state index contributed by atoms with van der Waals surface area (Å²) in [6, 6.07) is 5.02. The highest BCUT2D eigenvalue weighted by atomic mass is 31.1. The van der Waals surface area contributed by atoms with Crippen molar-refractivity contribution in [3.8, 4) is 0 Å². The molecule has 0 bridgehead atoms. The molecule has 1 atom stereocenters. The SMILES string of the molecule is CC(C)C(C)(C)[SiH2]Op1c[c]cc1. The molecule has 0 saturated heterocycles. The van der Waals surface area contributed by atoms with Gasteiger partial charge in [-0.15, -0.1) is 0 Å². The number of hydrogen-bond donors (Lipinski definition) is 0. The van der Waals surface area contributed by atoms with Gasteiger partial charge in [0, 0.05) is 0 Å². The Balaban J connectivity index is 2.42. The predicted octanol–water partition coefficient (Wildman–Crippen LogP) is 2.84. The highest BCUT2D eigenvalue weighted by Crippen LogP contribution is 2.34. The van der Waals surface area contributed by atoms with E-state index in [1.807, 2.05) is 6.07 Å². The van der Waals surface area contributed by atoms with E-state index in [-0.39, 0.29) is 7.76 Å². The molecular formula is C10H18OPSi. The third-order valence-corrected chi connectivity index (χ3v) is 6.78. The Hall–Kier alpha value is -0.0431. The largest absolute Gasteiger partial charge is 0.379 e. The molecule has 73 valence electrons. The maximum atomic E-state index is 5.93. The first kappa shape index (κ1) is 11.0. The summed E-state index contributed by atoms with van der Waals surface area (Å²) in [5, 5.41) is 0.409. The zero-order chi connectivity index (χ0) is 9.90. The van der Waals surface area contributed by atoms with E-state index in [9.17, 15) is 0 Å². The molecule has 1 radical (unpaired) electrons. The van der Waals surface area contributed by atoms with E-state index in [0.717, 1.165) is 0 Å². The Labute approximate surface area is 84.6 Å². The van der Waals surface area contributed by atoms with Crippen LogP contribution in [0.15, 0.2) is 17.7 Å². The van der Waals surface area contributed by atoms with Crippen LogP contribution in [0.2, 0.25) is 5.04 Å². The minimum atomic E-state index is -0.431. The van der Waals surface area contributed by atoms with Gasteiger partial charge in [0.1, 0.15) is 0 Å². The van der Waals surface area contributed by atoms with Crippen molar-refractivity contribution in [1.29, 1.82) is 0 Å². The van der Waals surface area contributed by atoms with Gasteiger partial charge in [-0.05, 0) is 42.4 Å². The lowest BCUT2D eigenvalue weighted by molar-refractivity contribution is 0.449. The van der Waals surface area contributed by atoms with Crippen molar-refractivity contribution in [1.82, 2.24) is 0 Å². The first-order chi connectivity index (χ1) is 6.02. The van der Waals surface area contributed by atoms with Crippen LogP contribution in [0, 0.1) is 12.0 Å². The van der Waals surface area contributed by atoms with Crippen LogP contribution in [-0.4, -0.2) is 9.76 Å². The second-order valence-corrected chi connectivity index (χ2v) is 8.81. The van der Waals surface area contributed by atoms with E-state index >= 15 is 0 Å². The summed E-state index contributed by atoms with van der Waals surface area (Å²) in [5.74, 6) is 4.89. The lowest BCUT2D eigenvalue weighted by atomic mass is 9.99. The Kier molecular flexibility index (Phi) is 3.78. The van der Waals surface area contributed by atoms with Crippen molar-refractivity contribution in [2.75, 3.05) is 0 Å². The third-order valence-electron chi connectivity index (χ3n) is 2.67. The smallest absolute Gasteiger partial charge is 0.180 e. The van der Waals surface area contributed by atoms with Crippen LogP contribution in [0.4, 0.5) is 0 Å².